The molecule has 0 unspecified atom stereocenters. The second kappa shape index (κ2) is 6.04. The number of rotatable bonds is 1. The van der Waals surface area contributed by atoms with Gasteiger partial charge in [-0.2, -0.15) is 0 Å². The summed E-state index contributed by atoms with van der Waals surface area (Å²) >= 11 is 5.68. The lowest BCUT2D eigenvalue weighted by Gasteiger charge is -2.16. The predicted octanol–water partition coefficient (Wildman–Crippen LogP) is 9.38. The van der Waals surface area contributed by atoms with Crippen molar-refractivity contribution >= 4 is 79.8 Å². The van der Waals surface area contributed by atoms with Crippen molar-refractivity contribution in [3.63, 3.8) is 0 Å². The summed E-state index contributed by atoms with van der Waals surface area (Å²) in [7, 11) is 0. The first-order valence-corrected chi connectivity index (χ1v) is 11.7. The highest BCUT2D eigenvalue weighted by atomic mass is 79.9. The minimum Gasteiger partial charge on any atom is -0.135 e. The summed E-state index contributed by atoms with van der Waals surface area (Å²) in [5, 5.41) is 10.6. The molecule has 1 heterocycles. The van der Waals surface area contributed by atoms with Crippen LogP contribution in [-0.2, 0) is 0 Å². The van der Waals surface area contributed by atoms with Gasteiger partial charge >= 0.3 is 0 Å². The largest absolute Gasteiger partial charge is 0.135 e. The van der Waals surface area contributed by atoms with Gasteiger partial charge in [-0.15, -0.1) is 11.3 Å². The Bertz CT molecular complexity index is 1760. The molecule has 0 saturated carbocycles. The Morgan fingerprint density at radius 3 is 2.07 bits per heavy atom. The second-order valence-corrected chi connectivity index (χ2v) is 9.80. The van der Waals surface area contributed by atoms with Crippen LogP contribution in [0.25, 0.3) is 63.6 Å². The van der Waals surface area contributed by atoms with E-state index in [0.29, 0.717) is 0 Å². The van der Waals surface area contributed by atoms with E-state index in [1.54, 1.807) is 0 Å². The minimum atomic E-state index is 1.16. The van der Waals surface area contributed by atoms with E-state index in [4.69, 9.17) is 0 Å². The van der Waals surface area contributed by atoms with Crippen molar-refractivity contribution in [1.82, 2.24) is 0 Å². The summed E-state index contributed by atoms with van der Waals surface area (Å²) in [6, 6.07) is 33.5. The molecule has 0 aliphatic rings. The Balaban J connectivity index is 1.73. The standard InChI is InChI=1S/C28H15BrS/c29-23-15-17-7-3-9-18-22(14-16-6-4-11-20(23)27(16)26(17)18)19-10-5-13-25-28(19)21-8-1-2-12-24(21)30-25/h1-15H. The van der Waals surface area contributed by atoms with Gasteiger partial charge in [0.1, 0.15) is 0 Å². The molecule has 0 amide bonds. The fraction of sp³-hybridized carbons (Fsp3) is 0. The minimum absolute atomic E-state index is 1.16. The van der Waals surface area contributed by atoms with Crippen molar-refractivity contribution in [3.8, 4) is 11.1 Å². The number of hydrogen-bond acceptors (Lipinski definition) is 1. The van der Waals surface area contributed by atoms with Gasteiger partial charge in [0.05, 0.1) is 0 Å². The zero-order chi connectivity index (χ0) is 19.8. The van der Waals surface area contributed by atoms with E-state index < -0.39 is 0 Å². The smallest absolute Gasteiger partial charge is 0.0361 e. The molecule has 6 aromatic carbocycles. The lowest BCUT2D eigenvalue weighted by atomic mass is 9.88. The highest BCUT2D eigenvalue weighted by Crippen LogP contribution is 2.46. The Hall–Kier alpha value is -2.94. The summed E-state index contributed by atoms with van der Waals surface area (Å²) in [5.74, 6) is 0. The third-order valence-electron chi connectivity index (χ3n) is 6.27. The molecule has 2 heteroatoms. The van der Waals surface area contributed by atoms with Gasteiger partial charge in [-0.25, -0.2) is 0 Å². The first-order chi connectivity index (χ1) is 14.8. The summed E-state index contributed by atoms with van der Waals surface area (Å²) in [4.78, 5) is 0. The SMILES string of the molecule is Brc1cc2cccc3c(-c4cccc5sc6ccccc6c45)cc4cccc1c4c23. The molecule has 30 heavy (non-hydrogen) atoms. The molecule has 0 bridgehead atoms. The molecule has 0 radical (unpaired) electrons. The van der Waals surface area contributed by atoms with Crippen molar-refractivity contribution in [3.05, 3.63) is 95.5 Å². The molecule has 0 nitrogen and oxygen atoms in total. The van der Waals surface area contributed by atoms with Gasteiger partial charge in [-0.05, 0) is 67.7 Å². The third kappa shape index (κ3) is 2.15. The van der Waals surface area contributed by atoms with Crippen LogP contribution >= 0.6 is 27.3 Å². The van der Waals surface area contributed by atoms with Crippen LogP contribution in [0.15, 0.2) is 95.5 Å². The number of benzene rings is 6. The molecule has 0 aliphatic carbocycles. The number of fused-ring (bicyclic) bond motifs is 3. The molecule has 0 atom stereocenters. The van der Waals surface area contributed by atoms with Crippen LogP contribution in [0.4, 0.5) is 0 Å². The van der Waals surface area contributed by atoms with E-state index in [2.05, 4.69) is 107 Å². The topological polar surface area (TPSA) is 0 Å². The van der Waals surface area contributed by atoms with Gasteiger partial charge in [-0.1, -0.05) is 82.7 Å². The van der Waals surface area contributed by atoms with Crippen molar-refractivity contribution in [2.24, 2.45) is 0 Å². The molecular weight excluding hydrogens is 448 g/mol. The number of thiophene rings is 1. The fourth-order valence-corrected chi connectivity index (χ4v) is 6.74. The molecule has 0 N–H and O–H groups in total. The normalized spacial score (nSPS) is 12.2. The lowest BCUT2D eigenvalue weighted by molar-refractivity contribution is 1.72. The quantitative estimate of drug-likeness (QED) is 0.213. The van der Waals surface area contributed by atoms with Crippen molar-refractivity contribution < 1.29 is 0 Å². The zero-order valence-electron chi connectivity index (χ0n) is 15.9. The fourth-order valence-electron chi connectivity index (χ4n) is 5.03. The van der Waals surface area contributed by atoms with Gasteiger partial charge < -0.3 is 0 Å². The van der Waals surface area contributed by atoms with Crippen molar-refractivity contribution in [2.45, 2.75) is 0 Å². The molecule has 0 saturated heterocycles. The highest BCUT2D eigenvalue weighted by Gasteiger charge is 2.17. The summed E-state index contributed by atoms with van der Waals surface area (Å²) in [6.45, 7) is 0. The summed E-state index contributed by atoms with van der Waals surface area (Å²) in [6.07, 6.45) is 0. The van der Waals surface area contributed by atoms with E-state index in [9.17, 15) is 0 Å². The molecular formula is C28H15BrS. The third-order valence-corrected chi connectivity index (χ3v) is 8.06. The molecule has 0 spiro atoms. The maximum Gasteiger partial charge on any atom is 0.0361 e. The predicted molar refractivity (Wildman–Crippen MR) is 136 cm³/mol. The van der Waals surface area contributed by atoms with Gasteiger partial charge in [0.25, 0.3) is 0 Å². The summed E-state index contributed by atoms with van der Waals surface area (Å²) in [5.41, 5.74) is 2.64. The first-order valence-electron chi connectivity index (χ1n) is 10.1. The van der Waals surface area contributed by atoms with E-state index in [1.807, 2.05) is 11.3 Å². The van der Waals surface area contributed by atoms with Gasteiger partial charge in [0.15, 0.2) is 0 Å². The molecule has 0 fully saturated rings. The van der Waals surface area contributed by atoms with Crippen LogP contribution in [0.3, 0.4) is 0 Å². The van der Waals surface area contributed by atoms with E-state index >= 15 is 0 Å². The Kier molecular flexibility index (Phi) is 3.38. The number of hydrogen-bond donors (Lipinski definition) is 0. The number of halogens is 1. The van der Waals surface area contributed by atoms with Crippen molar-refractivity contribution in [1.29, 1.82) is 0 Å². The maximum atomic E-state index is 3.80. The van der Waals surface area contributed by atoms with Crippen LogP contribution in [0.1, 0.15) is 0 Å². The molecule has 7 rings (SSSR count). The van der Waals surface area contributed by atoms with Gasteiger partial charge in [0, 0.05) is 24.6 Å². The lowest BCUT2D eigenvalue weighted by Crippen LogP contribution is -1.89. The van der Waals surface area contributed by atoms with Crippen LogP contribution in [0, 0.1) is 0 Å². The Morgan fingerprint density at radius 2 is 1.17 bits per heavy atom. The van der Waals surface area contributed by atoms with Crippen LogP contribution < -0.4 is 0 Å². The van der Waals surface area contributed by atoms with E-state index in [0.717, 1.165) is 4.47 Å². The monoisotopic (exact) mass is 462 g/mol. The van der Waals surface area contributed by atoms with Crippen LogP contribution in [0.5, 0.6) is 0 Å². The Labute approximate surface area is 185 Å². The second-order valence-electron chi connectivity index (χ2n) is 7.87. The Morgan fingerprint density at radius 1 is 0.500 bits per heavy atom. The molecule has 0 aliphatic heterocycles. The average Bonchev–Trinajstić information content (AvgIpc) is 3.17. The zero-order valence-corrected chi connectivity index (χ0v) is 18.3. The molecule has 1 aromatic heterocycles. The average molecular weight is 463 g/mol. The summed E-state index contributed by atoms with van der Waals surface area (Å²) < 4.78 is 3.86. The van der Waals surface area contributed by atoms with E-state index in [-0.39, 0.29) is 0 Å². The van der Waals surface area contributed by atoms with Crippen molar-refractivity contribution in [2.75, 3.05) is 0 Å². The van der Waals surface area contributed by atoms with Crippen LogP contribution in [0.2, 0.25) is 0 Å². The van der Waals surface area contributed by atoms with Gasteiger partial charge in [-0.3, -0.25) is 0 Å². The van der Waals surface area contributed by atoms with E-state index in [1.165, 1.54) is 63.6 Å². The first kappa shape index (κ1) is 16.8. The van der Waals surface area contributed by atoms with Crippen LogP contribution in [-0.4, -0.2) is 0 Å². The highest BCUT2D eigenvalue weighted by molar-refractivity contribution is 9.10. The maximum absolute atomic E-state index is 3.80. The molecule has 7 aromatic rings. The molecule has 140 valence electrons. The van der Waals surface area contributed by atoms with Gasteiger partial charge in [0.2, 0.25) is 0 Å².